The number of carbonyl (C=O) groups is 1. The van der Waals surface area contributed by atoms with Crippen LogP contribution in [-0.4, -0.2) is 20.1 Å². The lowest BCUT2D eigenvalue weighted by atomic mass is 10.2. The van der Waals surface area contributed by atoms with E-state index < -0.39 is 21.6 Å². The molecule has 0 bridgehead atoms. The monoisotopic (exact) mass is 400 g/mol. The summed E-state index contributed by atoms with van der Waals surface area (Å²) in [6, 6.07) is 9.72. The predicted molar refractivity (Wildman–Crippen MR) is 87.8 cm³/mol. The number of sulfone groups is 1. The molecule has 0 radical (unpaired) electrons. The summed E-state index contributed by atoms with van der Waals surface area (Å²) >= 11 is 3.10. The molecule has 0 aromatic heterocycles. The summed E-state index contributed by atoms with van der Waals surface area (Å²) in [6.45, 7) is 1.73. The molecule has 0 unspecified atom stereocenters. The first-order chi connectivity index (χ1) is 10.8. The average molecular weight is 401 g/mol. The van der Waals surface area contributed by atoms with E-state index in [-0.39, 0.29) is 22.0 Å². The summed E-state index contributed by atoms with van der Waals surface area (Å²) in [4.78, 5) is 12.2. The van der Waals surface area contributed by atoms with E-state index in [2.05, 4.69) is 15.9 Å². The summed E-state index contributed by atoms with van der Waals surface area (Å²) in [5, 5.41) is 0. The van der Waals surface area contributed by atoms with Crippen molar-refractivity contribution in [1.82, 2.24) is 0 Å². The van der Waals surface area contributed by atoms with Crippen LogP contribution in [-0.2, 0) is 9.84 Å². The summed E-state index contributed by atoms with van der Waals surface area (Å²) < 4.78 is 43.7. The molecule has 0 saturated heterocycles. The molecule has 2 aromatic rings. The van der Waals surface area contributed by atoms with Crippen molar-refractivity contribution >= 4 is 31.7 Å². The van der Waals surface area contributed by atoms with Gasteiger partial charge in [0.05, 0.1) is 16.2 Å². The smallest absolute Gasteiger partial charge is 0.344 e. The molecule has 122 valence electrons. The molecule has 0 aliphatic carbocycles. The number of esters is 1. The molecule has 7 heteroatoms. The normalized spacial score (nSPS) is 11.3. The number of halogens is 2. The Kier molecular flexibility index (Phi) is 5.54. The van der Waals surface area contributed by atoms with Gasteiger partial charge >= 0.3 is 5.97 Å². The minimum atomic E-state index is -3.60. The number of rotatable bonds is 5. The van der Waals surface area contributed by atoms with Crippen LogP contribution in [0.3, 0.4) is 0 Å². The Labute approximate surface area is 142 Å². The molecular formula is C16H14BrFO4S. The van der Waals surface area contributed by atoms with E-state index in [4.69, 9.17) is 4.74 Å². The molecular weight excluding hydrogens is 387 g/mol. The SMILES string of the molecule is CCCS(=O)(=O)c1ccccc1C(=O)Oc1ccc(Br)cc1F. The molecule has 0 fully saturated rings. The third-order valence-electron chi connectivity index (χ3n) is 3.01. The molecule has 0 spiro atoms. The molecule has 0 atom stereocenters. The van der Waals surface area contributed by atoms with Gasteiger partial charge in [0.15, 0.2) is 21.4 Å². The van der Waals surface area contributed by atoms with Crippen molar-refractivity contribution in [1.29, 1.82) is 0 Å². The molecule has 0 heterocycles. The van der Waals surface area contributed by atoms with Gasteiger partial charge in [-0.1, -0.05) is 35.0 Å². The zero-order valence-corrected chi connectivity index (χ0v) is 14.7. The van der Waals surface area contributed by atoms with Crippen molar-refractivity contribution in [3.63, 3.8) is 0 Å². The minimum Gasteiger partial charge on any atom is -0.420 e. The third kappa shape index (κ3) is 4.17. The lowest BCUT2D eigenvalue weighted by Crippen LogP contribution is -2.16. The molecule has 2 rings (SSSR count). The highest BCUT2D eigenvalue weighted by molar-refractivity contribution is 9.10. The maximum atomic E-state index is 13.8. The lowest BCUT2D eigenvalue weighted by Gasteiger charge is -2.10. The van der Waals surface area contributed by atoms with Gasteiger partial charge in [0, 0.05) is 4.47 Å². The molecule has 0 amide bonds. The largest absolute Gasteiger partial charge is 0.420 e. The van der Waals surface area contributed by atoms with Crippen LogP contribution in [0.5, 0.6) is 5.75 Å². The van der Waals surface area contributed by atoms with Crippen molar-refractivity contribution in [2.24, 2.45) is 0 Å². The minimum absolute atomic E-state index is 0.0794. The molecule has 0 saturated carbocycles. The van der Waals surface area contributed by atoms with E-state index >= 15 is 0 Å². The van der Waals surface area contributed by atoms with Crippen molar-refractivity contribution in [2.75, 3.05) is 5.75 Å². The Bertz CT molecular complexity index is 834. The van der Waals surface area contributed by atoms with Crippen LogP contribution in [0.4, 0.5) is 4.39 Å². The topological polar surface area (TPSA) is 60.4 Å². The van der Waals surface area contributed by atoms with Gasteiger partial charge in [-0.15, -0.1) is 0 Å². The van der Waals surface area contributed by atoms with E-state index in [0.717, 1.165) is 6.07 Å². The maximum Gasteiger partial charge on any atom is 0.344 e. The van der Waals surface area contributed by atoms with Crippen LogP contribution in [0.2, 0.25) is 0 Å². The van der Waals surface area contributed by atoms with Crippen molar-refractivity contribution in [3.05, 3.63) is 58.3 Å². The summed E-state index contributed by atoms with van der Waals surface area (Å²) in [7, 11) is -3.60. The number of hydrogen-bond acceptors (Lipinski definition) is 4. The zero-order chi connectivity index (χ0) is 17.0. The van der Waals surface area contributed by atoms with Crippen LogP contribution in [0.25, 0.3) is 0 Å². The van der Waals surface area contributed by atoms with Gasteiger partial charge in [-0.05, 0) is 36.8 Å². The maximum absolute atomic E-state index is 13.8. The second-order valence-corrected chi connectivity index (χ2v) is 7.77. The first-order valence-electron chi connectivity index (χ1n) is 6.84. The van der Waals surface area contributed by atoms with Crippen LogP contribution in [0.1, 0.15) is 23.7 Å². The first kappa shape index (κ1) is 17.6. The summed E-state index contributed by atoms with van der Waals surface area (Å²) in [5.41, 5.74) is -0.108. The van der Waals surface area contributed by atoms with Crippen molar-refractivity contribution in [3.8, 4) is 5.75 Å². The number of benzene rings is 2. The van der Waals surface area contributed by atoms with Crippen LogP contribution in [0.15, 0.2) is 51.8 Å². The fraction of sp³-hybridized carbons (Fsp3) is 0.188. The fourth-order valence-corrected chi connectivity index (χ4v) is 3.86. The predicted octanol–water partition coefficient (Wildman–Crippen LogP) is 3.99. The highest BCUT2D eigenvalue weighted by Gasteiger charge is 2.23. The Balaban J connectivity index is 2.37. The second kappa shape index (κ2) is 7.23. The molecule has 23 heavy (non-hydrogen) atoms. The zero-order valence-electron chi connectivity index (χ0n) is 12.3. The van der Waals surface area contributed by atoms with Crippen molar-refractivity contribution in [2.45, 2.75) is 18.2 Å². The van der Waals surface area contributed by atoms with E-state index in [9.17, 15) is 17.6 Å². The molecule has 4 nitrogen and oxygen atoms in total. The Morgan fingerprint density at radius 1 is 1.22 bits per heavy atom. The van der Waals surface area contributed by atoms with Gasteiger partial charge in [0.1, 0.15) is 0 Å². The van der Waals surface area contributed by atoms with E-state index in [1.807, 2.05) is 0 Å². The molecule has 0 aliphatic rings. The van der Waals surface area contributed by atoms with Gasteiger partial charge in [0.25, 0.3) is 0 Å². The van der Waals surface area contributed by atoms with Crippen LogP contribution >= 0.6 is 15.9 Å². The standard InChI is InChI=1S/C16H14BrFO4S/c1-2-9-23(20,21)15-6-4-3-5-12(15)16(19)22-14-8-7-11(17)10-13(14)18/h3-8,10H,2,9H2,1H3. The first-order valence-corrected chi connectivity index (χ1v) is 9.28. The Hall–Kier alpha value is -1.73. The highest BCUT2D eigenvalue weighted by atomic mass is 79.9. The van der Waals surface area contributed by atoms with Gasteiger partial charge in [-0.25, -0.2) is 17.6 Å². The van der Waals surface area contributed by atoms with Gasteiger partial charge < -0.3 is 4.74 Å². The quantitative estimate of drug-likeness (QED) is 0.562. The second-order valence-electron chi connectivity index (χ2n) is 4.78. The van der Waals surface area contributed by atoms with E-state index in [1.54, 1.807) is 6.92 Å². The number of carbonyl (C=O) groups excluding carboxylic acids is 1. The van der Waals surface area contributed by atoms with E-state index in [0.29, 0.717) is 10.9 Å². The van der Waals surface area contributed by atoms with Gasteiger partial charge in [0.2, 0.25) is 0 Å². The van der Waals surface area contributed by atoms with Crippen molar-refractivity contribution < 1.29 is 22.3 Å². The molecule has 2 aromatic carbocycles. The summed E-state index contributed by atoms with van der Waals surface area (Å²) in [5.74, 6) is -1.98. The lowest BCUT2D eigenvalue weighted by molar-refractivity contribution is 0.0723. The number of ether oxygens (including phenoxy) is 1. The molecule has 0 aliphatic heterocycles. The van der Waals surface area contributed by atoms with Gasteiger partial charge in [-0.3, -0.25) is 0 Å². The third-order valence-corrected chi connectivity index (χ3v) is 5.48. The summed E-state index contributed by atoms with van der Waals surface area (Å²) in [6.07, 6.45) is 0.424. The van der Waals surface area contributed by atoms with E-state index in [1.165, 1.54) is 36.4 Å². The fourth-order valence-electron chi connectivity index (χ4n) is 2.00. The Morgan fingerprint density at radius 2 is 1.91 bits per heavy atom. The van der Waals surface area contributed by atoms with Gasteiger partial charge in [-0.2, -0.15) is 0 Å². The highest BCUT2D eigenvalue weighted by Crippen LogP contribution is 2.24. The van der Waals surface area contributed by atoms with Crippen LogP contribution < -0.4 is 4.74 Å². The van der Waals surface area contributed by atoms with Crippen LogP contribution in [0, 0.1) is 5.82 Å². The average Bonchev–Trinajstić information content (AvgIpc) is 2.50. The number of hydrogen-bond donors (Lipinski definition) is 0. The molecule has 0 N–H and O–H groups in total. The Morgan fingerprint density at radius 3 is 2.57 bits per heavy atom.